The van der Waals surface area contributed by atoms with Crippen molar-refractivity contribution in [2.45, 2.75) is 13.0 Å². The molecule has 2 aromatic rings. The van der Waals surface area contributed by atoms with Gasteiger partial charge in [-0.05, 0) is 42.8 Å². The van der Waals surface area contributed by atoms with E-state index in [9.17, 15) is 9.59 Å². The highest BCUT2D eigenvalue weighted by molar-refractivity contribution is 6.32. The van der Waals surface area contributed by atoms with Gasteiger partial charge in [0.05, 0.1) is 5.69 Å². The molecule has 0 saturated carbocycles. The number of pyridine rings is 1. The van der Waals surface area contributed by atoms with Gasteiger partial charge >= 0.3 is 5.97 Å². The number of nitrogens with zero attached hydrogens (tertiary/aromatic N) is 1. The minimum Gasteiger partial charge on any atom is -0.486 e. The van der Waals surface area contributed by atoms with E-state index in [2.05, 4.69) is 10.3 Å². The number of carbonyl (C=O) groups excluding carboxylic acids is 2. The summed E-state index contributed by atoms with van der Waals surface area (Å²) in [5, 5.41) is 2.71. The standard InChI is InChI=1S/C19H17ClN2O5/c1-12(19(24)22-14-3-2-8-21-18(14)20)27-17(23)7-5-13-4-6-15-16(11-13)26-10-9-25-15/h2-8,11-12H,9-10H2,1H3,(H,22,24)/b7-5+/t12-/m0/s1. The number of rotatable bonds is 5. The lowest BCUT2D eigenvalue weighted by Gasteiger charge is -2.18. The van der Waals surface area contributed by atoms with Crippen LogP contribution in [0.25, 0.3) is 6.08 Å². The fourth-order valence-electron chi connectivity index (χ4n) is 2.31. The molecule has 1 amide bonds. The Kier molecular flexibility index (Phi) is 5.93. The van der Waals surface area contributed by atoms with Gasteiger partial charge in [-0.2, -0.15) is 0 Å². The molecule has 0 unspecified atom stereocenters. The van der Waals surface area contributed by atoms with Crippen LogP contribution in [0, 0.1) is 0 Å². The van der Waals surface area contributed by atoms with Gasteiger partial charge in [-0.25, -0.2) is 9.78 Å². The maximum absolute atomic E-state index is 12.1. The summed E-state index contributed by atoms with van der Waals surface area (Å²) in [6, 6.07) is 8.56. The number of esters is 1. The number of carbonyl (C=O) groups is 2. The van der Waals surface area contributed by atoms with Gasteiger partial charge in [-0.15, -0.1) is 0 Å². The van der Waals surface area contributed by atoms with Crippen LogP contribution in [0.15, 0.2) is 42.6 Å². The number of hydrogen-bond donors (Lipinski definition) is 1. The maximum Gasteiger partial charge on any atom is 0.331 e. The molecule has 140 valence electrons. The van der Waals surface area contributed by atoms with Crippen LogP contribution in [-0.2, 0) is 14.3 Å². The van der Waals surface area contributed by atoms with Crippen molar-refractivity contribution in [1.82, 2.24) is 4.98 Å². The Morgan fingerprint density at radius 1 is 1.26 bits per heavy atom. The predicted molar refractivity (Wildman–Crippen MR) is 99.9 cm³/mol. The van der Waals surface area contributed by atoms with Crippen molar-refractivity contribution in [3.8, 4) is 11.5 Å². The van der Waals surface area contributed by atoms with Crippen molar-refractivity contribution in [3.05, 3.63) is 53.3 Å². The highest BCUT2D eigenvalue weighted by Gasteiger charge is 2.18. The van der Waals surface area contributed by atoms with Gasteiger partial charge in [0, 0.05) is 12.3 Å². The van der Waals surface area contributed by atoms with Crippen molar-refractivity contribution < 1.29 is 23.8 Å². The number of nitrogens with one attached hydrogen (secondary N) is 1. The van der Waals surface area contributed by atoms with Crippen LogP contribution in [0.1, 0.15) is 12.5 Å². The molecule has 1 aliphatic heterocycles. The van der Waals surface area contributed by atoms with Crippen LogP contribution in [0.2, 0.25) is 5.15 Å². The first-order valence-electron chi connectivity index (χ1n) is 8.22. The van der Waals surface area contributed by atoms with E-state index < -0.39 is 18.0 Å². The van der Waals surface area contributed by atoms with Gasteiger partial charge in [0.15, 0.2) is 22.8 Å². The highest BCUT2D eigenvalue weighted by Crippen LogP contribution is 2.31. The molecule has 1 N–H and O–H groups in total. The molecule has 1 aromatic heterocycles. The Morgan fingerprint density at radius 2 is 2.04 bits per heavy atom. The smallest absolute Gasteiger partial charge is 0.331 e. The number of benzene rings is 1. The molecule has 0 aliphatic carbocycles. The van der Waals surface area contributed by atoms with E-state index in [4.69, 9.17) is 25.8 Å². The van der Waals surface area contributed by atoms with E-state index in [1.807, 2.05) is 0 Å². The Bertz CT molecular complexity index is 884. The second-order valence-corrected chi connectivity index (χ2v) is 6.00. The normalized spacial score (nSPS) is 13.9. The SMILES string of the molecule is C[C@H](OC(=O)/C=C/c1ccc2c(c1)OCCO2)C(=O)Nc1cccnc1Cl. The molecule has 0 saturated heterocycles. The average molecular weight is 389 g/mol. The number of anilines is 1. The summed E-state index contributed by atoms with van der Waals surface area (Å²) in [6.07, 6.45) is 3.32. The molecule has 2 heterocycles. The van der Waals surface area contributed by atoms with Crippen LogP contribution in [0.5, 0.6) is 11.5 Å². The first kappa shape index (κ1) is 18.7. The Balaban J connectivity index is 1.56. The zero-order valence-corrected chi connectivity index (χ0v) is 15.2. The van der Waals surface area contributed by atoms with Crippen molar-refractivity contribution in [2.24, 2.45) is 0 Å². The molecule has 0 spiro atoms. The molecule has 1 aromatic carbocycles. The zero-order chi connectivity index (χ0) is 19.2. The summed E-state index contributed by atoms with van der Waals surface area (Å²) in [5.74, 6) is 0.133. The van der Waals surface area contributed by atoms with E-state index in [1.165, 1.54) is 19.2 Å². The highest BCUT2D eigenvalue weighted by atomic mass is 35.5. The molecule has 27 heavy (non-hydrogen) atoms. The van der Waals surface area contributed by atoms with E-state index in [0.29, 0.717) is 30.4 Å². The van der Waals surface area contributed by atoms with Gasteiger partial charge in [0.2, 0.25) is 0 Å². The van der Waals surface area contributed by atoms with E-state index >= 15 is 0 Å². The molecule has 8 heteroatoms. The first-order valence-corrected chi connectivity index (χ1v) is 8.60. The third kappa shape index (κ3) is 4.98. The van der Waals surface area contributed by atoms with E-state index in [0.717, 1.165) is 5.56 Å². The quantitative estimate of drug-likeness (QED) is 0.481. The summed E-state index contributed by atoms with van der Waals surface area (Å²) in [5.41, 5.74) is 1.09. The minimum absolute atomic E-state index is 0.155. The molecule has 0 bridgehead atoms. The number of hydrogen-bond acceptors (Lipinski definition) is 6. The third-order valence-corrected chi connectivity index (χ3v) is 3.96. The summed E-state index contributed by atoms with van der Waals surface area (Å²) in [7, 11) is 0. The molecular weight excluding hydrogens is 372 g/mol. The number of halogens is 1. The lowest BCUT2D eigenvalue weighted by molar-refractivity contribution is -0.148. The lowest BCUT2D eigenvalue weighted by atomic mass is 10.2. The van der Waals surface area contributed by atoms with E-state index in [1.54, 1.807) is 36.4 Å². The third-order valence-electron chi connectivity index (χ3n) is 3.66. The van der Waals surface area contributed by atoms with Gasteiger partial charge in [0.25, 0.3) is 5.91 Å². The molecule has 0 fully saturated rings. The average Bonchev–Trinajstić information content (AvgIpc) is 2.68. The minimum atomic E-state index is -1.00. The first-order chi connectivity index (χ1) is 13.0. The predicted octanol–water partition coefficient (Wildman–Crippen LogP) is 3.09. The largest absolute Gasteiger partial charge is 0.486 e. The fraction of sp³-hybridized carbons (Fsp3) is 0.211. The number of ether oxygens (including phenoxy) is 3. The Hall–Kier alpha value is -3.06. The summed E-state index contributed by atoms with van der Waals surface area (Å²) >= 11 is 5.88. The van der Waals surface area contributed by atoms with E-state index in [-0.39, 0.29) is 5.15 Å². The van der Waals surface area contributed by atoms with Crippen LogP contribution in [0.3, 0.4) is 0 Å². The van der Waals surface area contributed by atoms with Gasteiger partial charge < -0.3 is 19.5 Å². The van der Waals surface area contributed by atoms with Crippen molar-refractivity contribution in [1.29, 1.82) is 0 Å². The van der Waals surface area contributed by atoms with Crippen molar-refractivity contribution >= 4 is 35.2 Å². The van der Waals surface area contributed by atoms with Crippen LogP contribution in [0.4, 0.5) is 5.69 Å². The fourth-order valence-corrected chi connectivity index (χ4v) is 2.48. The molecule has 3 rings (SSSR count). The van der Waals surface area contributed by atoms with Crippen molar-refractivity contribution in [2.75, 3.05) is 18.5 Å². The number of aromatic nitrogens is 1. The second kappa shape index (κ2) is 8.55. The summed E-state index contributed by atoms with van der Waals surface area (Å²) in [6.45, 7) is 2.46. The van der Waals surface area contributed by atoms with Crippen LogP contribution < -0.4 is 14.8 Å². The van der Waals surface area contributed by atoms with Gasteiger partial charge in [-0.3, -0.25) is 4.79 Å². The Labute approximate surface area is 160 Å². The molecular formula is C19H17ClN2O5. The summed E-state index contributed by atoms with van der Waals surface area (Å²) < 4.78 is 16.0. The molecule has 7 nitrogen and oxygen atoms in total. The van der Waals surface area contributed by atoms with Crippen LogP contribution >= 0.6 is 11.6 Å². The zero-order valence-electron chi connectivity index (χ0n) is 14.5. The van der Waals surface area contributed by atoms with Crippen LogP contribution in [-0.4, -0.2) is 36.2 Å². The van der Waals surface area contributed by atoms with Gasteiger partial charge in [0.1, 0.15) is 13.2 Å². The number of amides is 1. The van der Waals surface area contributed by atoms with Crippen molar-refractivity contribution in [3.63, 3.8) is 0 Å². The Morgan fingerprint density at radius 3 is 2.81 bits per heavy atom. The second-order valence-electron chi connectivity index (χ2n) is 5.65. The number of fused-ring (bicyclic) bond motifs is 1. The topological polar surface area (TPSA) is 86.8 Å². The molecule has 0 radical (unpaired) electrons. The lowest BCUT2D eigenvalue weighted by Crippen LogP contribution is -2.29. The molecule has 1 atom stereocenters. The molecule has 1 aliphatic rings. The van der Waals surface area contributed by atoms with Gasteiger partial charge in [-0.1, -0.05) is 17.7 Å². The monoisotopic (exact) mass is 388 g/mol. The summed E-state index contributed by atoms with van der Waals surface area (Å²) in [4.78, 5) is 27.9. The maximum atomic E-state index is 12.1.